The second-order valence-corrected chi connectivity index (χ2v) is 7.59. The van der Waals surface area contributed by atoms with Gasteiger partial charge in [0, 0.05) is 26.2 Å². The van der Waals surface area contributed by atoms with Crippen molar-refractivity contribution >= 4 is 17.5 Å². The highest BCUT2D eigenvalue weighted by Crippen LogP contribution is 2.31. The molecule has 0 aliphatic carbocycles. The van der Waals surface area contributed by atoms with E-state index in [0.717, 1.165) is 0 Å². The molecular weight excluding hydrogens is 398 g/mol. The molecule has 0 saturated carbocycles. The van der Waals surface area contributed by atoms with E-state index in [1.54, 1.807) is 24.1 Å². The summed E-state index contributed by atoms with van der Waals surface area (Å²) >= 11 is 0. The lowest BCUT2D eigenvalue weighted by Gasteiger charge is -2.39. The number of rotatable bonds is 5. The topological polar surface area (TPSA) is 80.3 Å². The van der Waals surface area contributed by atoms with Crippen LogP contribution in [0.25, 0.3) is 0 Å². The van der Waals surface area contributed by atoms with Crippen molar-refractivity contribution in [3.8, 4) is 17.2 Å². The Morgan fingerprint density at radius 3 is 2.45 bits per heavy atom. The first-order valence-electron chi connectivity index (χ1n) is 10.4. The molecule has 0 unspecified atom stereocenters. The molecule has 0 spiro atoms. The molecule has 2 aromatic carbocycles. The zero-order valence-corrected chi connectivity index (χ0v) is 17.7. The first kappa shape index (κ1) is 21.0. The maximum atomic E-state index is 12.9. The summed E-state index contributed by atoms with van der Waals surface area (Å²) in [7, 11) is 1.57. The van der Waals surface area contributed by atoms with Gasteiger partial charge in [0.25, 0.3) is 5.91 Å². The third-order valence-electron chi connectivity index (χ3n) is 5.70. The largest absolute Gasteiger partial charge is 0.495 e. The van der Waals surface area contributed by atoms with E-state index >= 15 is 0 Å². The molecule has 2 atom stereocenters. The van der Waals surface area contributed by atoms with Gasteiger partial charge in [-0.3, -0.25) is 14.5 Å². The summed E-state index contributed by atoms with van der Waals surface area (Å²) in [5.41, 5.74) is 0.644. The molecule has 2 aliphatic rings. The maximum Gasteiger partial charge on any atom is 0.267 e. The van der Waals surface area contributed by atoms with Crippen LogP contribution in [0.5, 0.6) is 17.2 Å². The Balaban J connectivity index is 1.30. The van der Waals surface area contributed by atoms with E-state index in [0.29, 0.717) is 49.1 Å². The number of methoxy groups -OCH3 is 1. The van der Waals surface area contributed by atoms with Gasteiger partial charge in [0.15, 0.2) is 11.5 Å². The smallest absolute Gasteiger partial charge is 0.267 e. The number of nitrogens with one attached hydrogen (secondary N) is 1. The van der Waals surface area contributed by atoms with E-state index in [-0.39, 0.29) is 24.5 Å². The number of hydrogen-bond acceptors (Lipinski definition) is 6. The molecule has 2 heterocycles. The van der Waals surface area contributed by atoms with E-state index in [9.17, 15) is 9.59 Å². The van der Waals surface area contributed by atoms with Crippen molar-refractivity contribution in [2.75, 3.05) is 45.2 Å². The molecule has 4 rings (SSSR count). The van der Waals surface area contributed by atoms with Crippen LogP contribution in [-0.2, 0) is 9.59 Å². The predicted molar refractivity (Wildman–Crippen MR) is 116 cm³/mol. The summed E-state index contributed by atoms with van der Waals surface area (Å²) in [5, 5.41) is 2.93. The van der Waals surface area contributed by atoms with Gasteiger partial charge < -0.3 is 24.4 Å². The predicted octanol–water partition coefficient (Wildman–Crippen LogP) is 2.01. The van der Waals surface area contributed by atoms with Gasteiger partial charge in [0.1, 0.15) is 12.4 Å². The molecule has 164 valence electrons. The van der Waals surface area contributed by atoms with Gasteiger partial charge in [-0.05, 0) is 31.2 Å². The van der Waals surface area contributed by atoms with Gasteiger partial charge in [0.2, 0.25) is 12.0 Å². The molecular formula is C23H27N3O5. The van der Waals surface area contributed by atoms with Gasteiger partial charge in [0.05, 0.1) is 18.8 Å². The number of carbonyl (C=O) groups excluding carboxylic acids is 2. The average Bonchev–Trinajstić information content (AvgIpc) is 2.83. The lowest BCUT2D eigenvalue weighted by molar-refractivity contribution is -0.143. The van der Waals surface area contributed by atoms with Crippen molar-refractivity contribution in [2.45, 2.75) is 19.1 Å². The highest BCUT2D eigenvalue weighted by Gasteiger charge is 2.34. The monoisotopic (exact) mass is 425 g/mol. The summed E-state index contributed by atoms with van der Waals surface area (Å²) in [4.78, 5) is 29.5. The zero-order chi connectivity index (χ0) is 21.8. The third kappa shape index (κ3) is 4.59. The van der Waals surface area contributed by atoms with Crippen molar-refractivity contribution in [2.24, 2.45) is 0 Å². The fourth-order valence-corrected chi connectivity index (χ4v) is 3.83. The number of piperazine rings is 1. The van der Waals surface area contributed by atoms with Crippen LogP contribution in [-0.4, -0.2) is 73.7 Å². The molecule has 0 aromatic heterocycles. The van der Waals surface area contributed by atoms with Crippen LogP contribution in [0.15, 0.2) is 48.5 Å². The van der Waals surface area contributed by atoms with Crippen LogP contribution in [0.1, 0.15) is 6.92 Å². The second kappa shape index (κ2) is 9.26. The molecule has 2 amide bonds. The summed E-state index contributed by atoms with van der Waals surface area (Å²) in [6.07, 6.45) is -0.646. The van der Waals surface area contributed by atoms with Crippen LogP contribution in [0, 0.1) is 0 Å². The normalized spacial score (nSPS) is 19.4. The van der Waals surface area contributed by atoms with E-state index in [4.69, 9.17) is 14.2 Å². The molecule has 0 bridgehead atoms. The van der Waals surface area contributed by atoms with Gasteiger partial charge in [-0.15, -0.1) is 0 Å². The Bertz CT molecular complexity index is 942. The van der Waals surface area contributed by atoms with Crippen molar-refractivity contribution in [1.82, 2.24) is 9.80 Å². The fourth-order valence-electron chi connectivity index (χ4n) is 3.83. The summed E-state index contributed by atoms with van der Waals surface area (Å²) < 4.78 is 16.8. The van der Waals surface area contributed by atoms with E-state index in [2.05, 4.69) is 10.2 Å². The molecule has 8 heteroatoms. The lowest BCUT2D eigenvalue weighted by Crippen LogP contribution is -2.57. The standard InChI is InChI=1S/C23H27N3O5/c1-16(22(27)24-17-7-3-4-8-18(17)29-2)25-11-13-26(14-12-25)23(28)21-15-30-19-9-5-6-10-20(19)31-21/h3-10,16,21H,11-15H2,1-2H3,(H,24,27)/t16-,21-/m0/s1. The number of para-hydroxylation sites is 4. The third-order valence-corrected chi connectivity index (χ3v) is 5.70. The van der Waals surface area contributed by atoms with Crippen LogP contribution in [0.3, 0.4) is 0 Å². The Kier molecular flexibility index (Phi) is 6.27. The Morgan fingerprint density at radius 1 is 1.03 bits per heavy atom. The summed E-state index contributed by atoms with van der Waals surface area (Å²) in [6, 6.07) is 14.3. The number of ether oxygens (including phenoxy) is 3. The minimum atomic E-state index is -0.646. The molecule has 2 aromatic rings. The highest BCUT2D eigenvalue weighted by molar-refractivity contribution is 5.95. The second-order valence-electron chi connectivity index (χ2n) is 7.59. The first-order valence-corrected chi connectivity index (χ1v) is 10.4. The number of fused-ring (bicyclic) bond motifs is 1. The van der Waals surface area contributed by atoms with Crippen LogP contribution in [0.2, 0.25) is 0 Å². The minimum Gasteiger partial charge on any atom is -0.495 e. The zero-order valence-electron chi connectivity index (χ0n) is 17.7. The van der Waals surface area contributed by atoms with Crippen molar-refractivity contribution < 1.29 is 23.8 Å². The first-order chi connectivity index (χ1) is 15.1. The van der Waals surface area contributed by atoms with Crippen molar-refractivity contribution in [1.29, 1.82) is 0 Å². The van der Waals surface area contributed by atoms with Gasteiger partial charge >= 0.3 is 0 Å². The average molecular weight is 425 g/mol. The number of hydrogen-bond donors (Lipinski definition) is 1. The number of anilines is 1. The van der Waals surface area contributed by atoms with Crippen molar-refractivity contribution in [3.63, 3.8) is 0 Å². The SMILES string of the molecule is COc1ccccc1NC(=O)[C@H](C)N1CCN(C(=O)[C@@H]2COc3ccccc3O2)CC1. The van der Waals surface area contributed by atoms with E-state index in [1.165, 1.54) is 0 Å². The fraction of sp³-hybridized carbons (Fsp3) is 0.391. The van der Waals surface area contributed by atoms with Gasteiger partial charge in [-0.25, -0.2) is 0 Å². The molecule has 0 radical (unpaired) electrons. The summed E-state index contributed by atoms with van der Waals surface area (Å²) in [6.45, 7) is 4.36. The number of carbonyl (C=O) groups is 2. The van der Waals surface area contributed by atoms with Crippen LogP contribution < -0.4 is 19.5 Å². The molecule has 8 nitrogen and oxygen atoms in total. The highest BCUT2D eigenvalue weighted by atomic mass is 16.6. The maximum absolute atomic E-state index is 12.9. The Labute approximate surface area is 181 Å². The van der Waals surface area contributed by atoms with Crippen LogP contribution >= 0.6 is 0 Å². The van der Waals surface area contributed by atoms with Gasteiger partial charge in [-0.2, -0.15) is 0 Å². The van der Waals surface area contributed by atoms with Crippen molar-refractivity contribution in [3.05, 3.63) is 48.5 Å². The molecule has 1 N–H and O–H groups in total. The Morgan fingerprint density at radius 2 is 1.71 bits per heavy atom. The van der Waals surface area contributed by atoms with E-state index < -0.39 is 6.10 Å². The molecule has 1 fully saturated rings. The molecule has 31 heavy (non-hydrogen) atoms. The number of nitrogens with zero attached hydrogens (tertiary/aromatic N) is 2. The quantitative estimate of drug-likeness (QED) is 0.790. The van der Waals surface area contributed by atoms with E-state index in [1.807, 2.05) is 43.3 Å². The lowest BCUT2D eigenvalue weighted by atomic mass is 10.2. The number of amides is 2. The summed E-state index contributed by atoms with van der Waals surface area (Å²) in [5.74, 6) is 1.68. The van der Waals surface area contributed by atoms with Crippen LogP contribution in [0.4, 0.5) is 5.69 Å². The molecule has 2 aliphatic heterocycles. The van der Waals surface area contributed by atoms with Gasteiger partial charge in [-0.1, -0.05) is 24.3 Å². The minimum absolute atomic E-state index is 0.0831. The Hall–Kier alpha value is -3.26. The molecule has 1 saturated heterocycles. The number of benzene rings is 2.